The quantitative estimate of drug-likeness (QED) is 0.936. The summed E-state index contributed by atoms with van der Waals surface area (Å²) in [6.07, 6.45) is 0. The van der Waals surface area contributed by atoms with Crippen LogP contribution in [0.5, 0.6) is 17.2 Å². The van der Waals surface area contributed by atoms with Gasteiger partial charge in [0.1, 0.15) is 13.2 Å². The van der Waals surface area contributed by atoms with Gasteiger partial charge in [-0.1, -0.05) is 24.3 Å². The summed E-state index contributed by atoms with van der Waals surface area (Å²) in [4.78, 5) is 12.6. The number of carbonyl (C=O) groups is 1. The monoisotopic (exact) mass is 327 g/mol. The van der Waals surface area contributed by atoms with E-state index in [0.29, 0.717) is 36.0 Å². The van der Waals surface area contributed by atoms with Gasteiger partial charge in [-0.2, -0.15) is 0 Å². The van der Waals surface area contributed by atoms with Crippen LogP contribution in [-0.4, -0.2) is 26.2 Å². The summed E-state index contributed by atoms with van der Waals surface area (Å²) in [5.74, 6) is 1.41. The van der Waals surface area contributed by atoms with E-state index in [1.807, 2.05) is 38.1 Å². The van der Waals surface area contributed by atoms with Gasteiger partial charge in [-0.3, -0.25) is 4.79 Å². The van der Waals surface area contributed by atoms with Crippen molar-refractivity contribution in [3.05, 3.63) is 53.1 Å². The third-order valence-electron chi connectivity index (χ3n) is 4.09. The average Bonchev–Trinajstić information content (AvgIpc) is 2.60. The minimum Gasteiger partial charge on any atom is -0.493 e. The number of benzene rings is 2. The molecule has 0 unspecified atom stereocenters. The van der Waals surface area contributed by atoms with Crippen LogP contribution in [0, 0.1) is 6.92 Å². The molecular weight excluding hydrogens is 306 g/mol. The molecule has 5 nitrogen and oxygen atoms in total. The average molecular weight is 327 g/mol. The van der Waals surface area contributed by atoms with Gasteiger partial charge < -0.3 is 19.5 Å². The van der Waals surface area contributed by atoms with Crippen LogP contribution >= 0.6 is 0 Å². The Hall–Kier alpha value is -2.69. The zero-order chi connectivity index (χ0) is 17.1. The zero-order valence-corrected chi connectivity index (χ0v) is 14.1. The lowest BCUT2D eigenvalue weighted by Crippen LogP contribution is -2.27. The summed E-state index contributed by atoms with van der Waals surface area (Å²) in [5.41, 5.74) is 2.72. The van der Waals surface area contributed by atoms with E-state index in [4.69, 9.17) is 14.2 Å². The van der Waals surface area contributed by atoms with Gasteiger partial charge in [0, 0.05) is 5.56 Å². The molecule has 0 bridgehead atoms. The van der Waals surface area contributed by atoms with Gasteiger partial charge in [-0.05, 0) is 37.1 Å². The van der Waals surface area contributed by atoms with Gasteiger partial charge in [0.25, 0.3) is 5.91 Å². The Kier molecular flexibility index (Phi) is 4.60. The molecule has 2 aromatic rings. The van der Waals surface area contributed by atoms with Crippen LogP contribution in [-0.2, 0) is 0 Å². The van der Waals surface area contributed by atoms with Crippen molar-refractivity contribution in [3.63, 3.8) is 0 Å². The van der Waals surface area contributed by atoms with E-state index in [0.717, 1.165) is 11.1 Å². The predicted molar refractivity (Wildman–Crippen MR) is 91.0 cm³/mol. The lowest BCUT2D eigenvalue weighted by atomic mass is 10.0. The molecule has 2 aromatic carbocycles. The fourth-order valence-electron chi connectivity index (χ4n) is 2.83. The number of hydrogen-bond donors (Lipinski definition) is 1. The summed E-state index contributed by atoms with van der Waals surface area (Å²) < 4.78 is 16.5. The number of rotatable bonds is 4. The number of ether oxygens (including phenoxy) is 3. The van der Waals surface area contributed by atoms with Crippen molar-refractivity contribution in [2.45, 2.75) is 19.9 Å². The molecule has 1 heterocycles. The smallest absolute Gasteiger partial charge is 0.252 e. The highest BCUT2D eigenvalue weighted by atomic mass is 16.6. The summed E-state index contributed by atoms with van der Waals surface area (Å²) in [6, 6.07) is 11.3. The van der Waals surface area contributed by atoms with Crippen molar-refractivity contribution in [1.29, 1.82) is 0 Å². The highest BCUT2D eigenvalue weighted by Crippen LogP contribution is 2.40. The number of nitrogens with one attached hydrogen (secondary N) is 1. The lowest BCUT2D eigenvalue weighted by Gasteiger charge is -2.22. The number of aryl methyl sites for hydroxylation is 1. The Labute approximate surface area is 141 Å². The minimum absolute atomic E-state index is 0.0992. The number of carbonyl (C=O) groups excluding carboxylic acids is 1. The molecule has 0 aromatic heterocycles. The first-order chi connectivity index (χ1) is 11.6. The van der Waals surface area contributed by atoms with E-state index in [9.17, 15) is 4.79 Å². The number of amides is 1. The molecular formula is C19H21NO4. The number of hydrogen-bond acceptors (Lipinski definition) is 4. The van der Waals surface area contributed by atoms with E-state index in [1.165, 1.54) is 0 Å². The summed E-state index contributed by atoms with van der Waals surface area (Å²) >= 11 is 0. The zero-order valence-electron chi connectivity index (χ0n) is 14.1. The second-order valence-corrected chi connectivity index (χ2v) is 5.75. The van der Waals surface area contributed by atoms with E-state index in [-0.39, 0.29) is 11.9 Å². The fraction of sp³-hybridized carbons (Fsp3) is 0.316. The summed E-state index contributed by atoms with van der Waals surface area (Å²) in [7, 11) is 1.55. The van der Waals surface area contributed by atoms with Crippen molar-refractivity contribution in [2.75, 3.05) is 20.3 Å². The molecule has 0 saturated heterocycles. The standard InChI is InChI=1S/C19H21NO4/c1-12-6-4-5-7-15(12)13(2)20-19(21)14-10-16(22-3)18-17(11-14)23-8-9-24-18/h4-7,10-11,13H,8-9H2,1-3H3,(H,20,21)/t13-/m0/s1. The Morgan fingerprint density at radius 3 is 2.71 bits per heavy atom. The lowest BCUT2D eigenvalue weighted by molar-refractivity contribution is 0.0938. The molecule has 0 spiro atoms. The number of methoxy groups -OCH3 is 1. The van der Waals surface area contributed by atoms with Crippen LogP contribution < -0.4 is 19.5 Å². The van der Waals surface area contributed by atoms with Crippen LogP contribution in [0.3, 0.4) is 0 Å². The SMILES string of the molecule is COc1cc(C(=O)N[C@@H](C)c2ccccc2C)cc2c1OCCO2. The topological polar surface area (TPSA) is 56.8 Å². The highest BCUT2D eigenvalue weighted by molar-refractivity contribution is 5.96. The highest BCUT2D eigenvalue weighted by Gasteiger charge is 2.22. The van der Waals surface area contributed by atoms with Crippen LogP contribution in [0.25, 0.3) is 0 Å². The Bertz CT molecular complexity index is 740. The van der Waals surface area contributed by atoms with E-state index in [1.54, 1.807) is 19.2 Å². The molecule has 1 atom stereocenters. The van der Waals surface area contributed by atoms with Gasteiger partial charge in [0.2, 0.25) is 5.75 Å². The van der Waals surface area contributed by atoms with Gasteiger partial charge >= 0.3 is 0 Å². The second-order valence-electron chi connectivity index (χ2n) is 5.75. The molecule has 3 rings (SSSR count). The van der Waals surface area contributed by atoms with Crippen molar-refractivity contribution >= 4 is 5.91 Å². The molecule has 1 aliphatic heterocycles. The molecule has 0 radical (unpaired) electrons. The van der Waals surface area contributed by atoms with Gasteiger partial charge in [-0.25, -0.2) is 0 Å². The van der Waals surface area contributed by atoms with E-state index >= 15 is 0 Å². The Balaban J connectivity index is 1.84. The van der Waals surface area contributed by atoms with Gasteiger partial charge in [0.15, 0.2) is 11.5 Å². The number of fused-ring (bicyclic) bond motifs is 1. The molecule has 0 aliphatic carbocycles. The first kappa shape index (κ1) is 16.2. The van der Waals surface area contributed by atoms with Crippen LogP contribution in [0.2, 0.25) is 0 Å². The molecule has 0 saturated carbocycles. The third-order valence-corrected chi connectivity index (χ3v) is 4.09. The molecule has 5 heteroatoms. The van der Waals surface area contributed by atoms with Crippen LogP contribution in [0.1, 0.15) is 34.5 Å². The third kappa shape index (κ3) is 3.15. The van der Waals surface area contributed by atoms with Crippen LogP contribution in [0.4, 0.5) is 0 Å². The predicted octanol–water partition coefficient (Wildman–Crippen LogP) is 3.27. The fourth-order valence-corrected chi connectivity index (χ4v) is 2.83. The van der Waals surface area contributed by atoms with Gasteiger partial charge in [-0.15, -0.1) is 0 Å². The molecule has 1 aliphatic rings. The molecule has 1 amide bonds. The van der Waals surface area contributed by atoms with Crippen molar-refractivity contribution in [1.82, 2.24) is 5.32 Å². The van der Waals surface area contributed by atoms with Crippen molar-refractivity contribution in [2.24, 2.45) is 0 Å². The minimum atomic E-state index is -0.180. The first-order valence-electron chi connectivity index (χ1n) is 7.94. The van der Waals surface area contributed by atoms with Crippen LogP contribution in [0.15, 0.2) is 36.4 Å². The maximum atomic E-state index is 12.6. The molecule has 24 heavy (non-hydrogen) atoms. The molecule has 0 fully saturated rings. The maximum Gasteiger partial charge on any atom is 0.252 e. The van der Waals surface area contributed by atoms with E-state index < -0.39 is 0 Å². The summed E-state index contributed by atoms with van der Waals surface area (Å²) in [5, 5.41) is 3.02. The normalized spacial score (nSPS) is 14.0. The molecule has 1 N–H and O–H groups in total. The van der Waals surface area contributed by atoms with Crippen molar-refractivity contribution < 1.29 is 19.0 Å². The van der Waals surface area contributed by atoms with E-state index in [2.05, 4.69) is 5.32 Å². The van der Waals surface area contributed by atoms with Gasteiger partial charge in [0.05, 0.1) is 13.2 Å². The summed E-state index contributed by atoms with van der Waals surface area (Å²) in [6.45, 7) is 4.93. The Morgan fingerprint density at radius 2 is 1.96 bits per heavy atom. The van der Waals surface area contributed by atoms with Crippen molar-refractivity contribution in [3.8, 4) is 17.2 Å². The second kappa shape index (κ2) is 6.83. The Morgan fingerprint density at radius 1 is 1.21 bits per heavy atom. The molecule has 126 valence electrons. The largest absolute Gasteiger partial charge is 0.493 e. The first-order valence-corrected chi connectivity index (χ1v) is 7.94. The maximum absolute atomic E-state index is 12.6.